The van der Waals surface area contributed by atoms with Gasteiger partial charge in [0.15, 0.2) is 0 Å². The molecule has 2 heterocycles. The lowest BCUT2D eigenvalue weighted by Crippen LogP contribution is -2.70. The Balaban J connectivity index is 1.62. The van der Waals surface area contributed by atoms with Gasteiger partial charge in [-0.15, -0.1) is 0 Å². The second kappa shape index (κ2) is 3.56. The summed E-state index contributed by atoms with van der Waals surface area (Å²) in [6.45, 7) is 1.98. The van der Waals surface area contributed by atoms with Gasteiger partial charge in [0.1, 0.15) is 5.54 Å². The van der Waals surface area contributed by atoms with Crippen LogP contribution in [0.1, 0.15) is 5.56 Å². The summed E-state index contributed by atoms with van der Waals surface area (Å²) in [7, 11) is 0. The molecule has 3 amide bonds. The van der Waals surface area contributed by atoms with Crippen LogP contribution in [-0.2, 0) is 11.3 Å². The Labute approximate surface area is 98.8 Å². The summed E-state index contributed by atoms with van der Waals surface area (Å²) < 4.78 is 0. The zero-order valence-electron chi connectivity index (χ0n) is 9.27. The number of benzene rings is 1. The number of rotatable bonds is 2. The second-order valence-electron chi connectivity index (χ2n) is 4.62. The fourth-order valence-electron chi connectivity index (χ4n) is 2.42. The molecule has 0 atom stereocenters. The SMILES string of the molecule is O=C1NC(=O)C2(CN(Cc3ccccc3)C2)N1. The van der Waals surface area contributed by atoms with E-state index in [1.165, 1.54) is 5.56 Å². The third-order valence-corrected chi connectivity index (χ3v) is 3.25. The lowest BCUT2D eigenvalue weighted by Gasteiger charge is -2.45. The molecule has 1 spiro atoms. The number of carbonyl (C=O) groups is 2. The van der Waals surface area contributed by atoms with Crippen LogP contribution in [0.5, 0.6) is 0 Å². The van der Waals surface area contributed by atoms with E-state index in [4.69, 9.17) is 0 Å². The quantitative estimate of drug-likeness (QED) is 0.709. The molecule has 3 rings (SSSR count). The van der Waals surface area contributed by atoms with E-state index >= 15 is 0 Å². The lowest BCUT2D eigenvalue weighted by atomic mass is 9.89. The van der Waals surface area contributed by atoms with E-state index in [-0.39, 0.29) is 11.9 Å². The minimum absolute atomic E-state index is 0.202. The fourth-order valence-corrected chi connectivity index (χ4v) is 2.42. The number of nitrogens with zero attached hydrogens (tertiary/aromatic N) is 1. The highest BCUT2D eigenvalue weighted by atomic mass is 16.2. The summed E-state index contributed by atoms with van der Waals surface area (Å²) in [6.07, 6.45) is 0. The average Bonchev–Trinajstić information content (AvgIpc) is 2.55. The number of hydrogen-bond acceptors (Lipinski definition) is 3. The summed E-state index contributed by atoms with van der Waals surface area (Å²) in [4.78, 5) is 24.8. The van der Waals surface area contributed by atoms with Gasteiger partial charge in [-0.25, -0.2) is 4.79 Å². The van der Waals surface area contributed by atoms with Crippen LogP contribution in [0.2, 0.25) is 0 Å². The Bertz CT molecular complexity index is 466. The monoisotopic (exact) mass is 231 g/mol. The van der Waals surface area contributed by atoms with Gasteiger partial charge in [0.25, 0.3) is 5.91 Å². The van der Waals surface area contributed by atoms with E-state index in [1.807, 2.05) is 18.2 Å². The number of hydrogen-bond donors (Lipinski definition) is 2. The molecular weight excluding hydrogens is 218 g/mol. The predicted molar refractivity (Wildman–Crippen MR) is 61.1 cm³/mol. The molecular formula is C12H13N3O2. The molecule has 2 aliphatic heterocycles. The third kappa shape index (κ3) is 1.68. The zero-order valence-corrected chi connectivity index (χ0v) is 9.27. The number of likely N-dealkylation sites (tertiary alicyclic amines) is 1. The van der Waals surface area contributed by atoms with Gasteiger partial charge >= 0.3 is 6.03 Å². The molecule has 0 aliphatic carbocycles. The van der Waals surface area contributed by atoms with E-state index in [9.17, 15) is 9.59 Å². The van der Waals surface area contributed by atoms with Crippen LogP contribution in [0.3, 0.4) is 0 Å². The Hall–Kier alpha value is -1.88. The largest absolute Gasteiger partial charge is 0.322 e. The average molecular weight is 231 g/mol. The minimum atomic E-state index is -0.675. The molecule has 1 aromatic rings. The first-order chi connectivity index (χ1) is 8.18. The number of nitrogens with one attached hydrogen (secondary N) is 2. The van der Waals surface area contributed by atoms with Crippen molar-refractivity contribution >= 4 is 11.9 Å². The van der Waals surface area contributed by atoms with Crippen molar-refractivity contribution in [3.8, 4) is 0 Å². The maximum Gasteiger partial charge on any atom is 0.322 e. The van der Waals surface area contributed by atoms with Gasteiger partial charge in [-0.2, -0.15) is 0 Å². The van der Waals surface area contributed by atoms with Crippen molar-refractivity contribution in [2.75, 3.05) is 13.1 Å². The molecule has 2 aliphatic rings. The van der Waals surface area contributed by atoms with Crippen molar-refractivity contribution in [1.29, 1.82) is 0 Å². The molecule has 0 unspecified atom stereocenters. The standard InChI is InChI=1S/C12H13N3O2/c16-10-12(14-11(17)13-10)7-15(8-12)6-9-4-2-1-3-5-9/h1-5H,6-8H2,(H2,13,14,16,17). The summed E-state index contributed by atoms with van der Waals surface area (Å²) in [5.74, 6) is -0.202. The van der Waals surface area contributed by atoms with E-state index in [0.29, 0.717) is 13.1 Å². The first kappa shape index (κ1) is 10.3. The van der Waals surface area contributed by atoms with E-state index in [1.54, 1.807) is 0 Å². The van der Waals surface area contributed by atoms with E-state index in [2.05, 4.69) is 27.7 Å². The van der Waals surface area contributed by atoms with Gasteiger partial charge < -0.3 is 5.32 Å². The van der Waals surface area contributed by atoms with Crippen molar-refractivity contribution < 1.29 is 9.59 Å². The maximum atomic E-state index is 11.6. The summed E-state index contributed by atoms with van der Waals surface area (Å²) in [5, 5.41) is 4.97. The summed E-state index contributed by atoms with van der Waals surface area (Å²) >= 11 is 0. The third-order valence-electron chi connectivity index (χ3n) is 3.25. The normalized spacial score (nSPS) is 22.1. The molecule has 5 heteroatoms. The highest BCUT2D eigenvalue weighted by Gasteiger charge is 2.54. The van der Waals surface area contributed by atoms with Crippen LogP contribution in [0.25, 0.3) is 0 Å². The highest BCUT2D eigenvalue weighted by molar-refractivity contribution is 6.08. The van der Waals surface area contributed by atoms with Crippen molar-refractivity contribution in [2.24, 2.45) is 0 Å². The molecule has 0 bridgehead atoms. The molecule has 2 fully saturated rings. The van der Waals surface area contributed by atoms with Crippen LogP contribution in [0, 0.1) is 0 Å². The number of urea groups is 1. The second-order valence-corrected chi connectivity index (χ2v) is 4.62. The van der Waals surface area contributed by atoms with Crippen LogP contribution in [0.4, 0.5) is 4.79 Å². The number of amides is 3. The first-order valence-corrected chi connectivity index (χ1v) is 5.58. The summed E-state index contributed by atoms with van der Waals surface area (Å²) in [6, 6.07) is 9.70. The van der Waals surface area contributed by atoms with Crippen LogP contribution in [0.15, 0.2) is 30.3 Å². The fraction of sp³-hybridized carbons (Fsp3) is 0.333. The van der Waals surface area contributed by atoms with E-state index < -0.39 is 5.54 Å². The van der Waals surface area contributed by atoms with Crippen molar-refractivity contribution in [3.05, 3.63) is 35.9 Å². The van der Waals surface area contributed by atoms with Gasteiger partial charge in [-0.05, 0) is 5.56 Å². The smallest absolute Gasteiger partial charge is 0.321 e. The molecule has 0 aromatic heterocycles. The van der Waals surface area contributed by atoms with Crippen LogP contribution < -0.4 is 10.6 Å². The van der Waals surface area contributed by atoms with Crippen molar-refractivity contribution in [3.63, 3.8) is 0 Å². The Kier molecular flexibility index (Phi) is 2.16. The van der Waals surface area contributed by atoms with Gasteiger partial charge in [0, 0.05) is 19.6 Å². The van der Waals surface area contributed by atoms with Gasteiger partial charge in [0.05, 0.1) is 0 Å². The Morgan fingerprint density at radius 2 is 1.88 bits per heavy atom. The predicted octanol–water partition coefficient (Wildman–Crippen LogP) is 0.0804. The van der Waals surface area contributed by atoms with Gasteiger partial charge in [0.2, 0.25) is 0 Å². The molecule has 0 radical (unpaired) electrons. The molecule has 1 aromatic carbocycles. The molecule has 88 valence electrons. The zero-order chi connectivity index (χ0) is 11.9. The molecule has 2 saturated heterocycles. The van der Waals surface area contributed by atoms with E-state index in [0.717, 1.165) is 6.54 Å². The Morgan fingerprint density at radius 1 is 1.18 bits per heavy atom. The van der Waals surface area contributed by atoms with Gasteiger partial charge in [-0.1, -0.05) is 30.3 Å². The maximum absolute atomic E-state index is 11.6. The van der Waals surface area contributed by atoms with Gasteiger partial charge in [-0.3, -0.25) is 15.0 Å². The molecule has 0 saturated carbocycles. The van der Waals surface area contributed by atoms with Crippen molar-refractivity contribution in [2.45, 2.75) is 12.1 Å². The molecule has 5 nitrogen and oxygen atoms in total. The minimum Gasteiger partial charge on any atom is -0.321 e. The Morgan fingerprint density at radius 3 is 2.47 bits per heavy atom. The van der Waals surface area contributed by atoms with Crippen molar-refractivity contribution in [1.82, 2.24) is 15.5 Å². The number of carbonyl (C=O) groups excluding carboxylic acids is 2. The molecule has 17 heavy (non-hydrogen) atoms. The topological polar surface area (TPSA) is 61.4 Å². The lowest BCUT2D eigenvalue weighted by molar-refractivity contribution is -0.130. The van der Waals surface area contributed by atoms with Crippen LogP contribution in [-0.4, -0.2) is 35.5 Å². The molecule has 2 N–H and O–H groups in total. The first-order valence-electron chi connectivity index (χ1n) is 5.58. The number of imide groups is 1. The summed E-state index contributed by atoms with van der Waals surface area (Å²) in [5.41, 5.74) is 0.540. The highest BCUT2D eigenvalue weighted by Crippen LogP contribution is 2.25. The van der Waals surface area contributed by atoms with Crippen LogP contribution >= 0.6 is 0 Å².